The second-order valence-corrected chi connectivity index (χ2v) is 5.37. The molecule has 0 saturated carbocycles. The maximum Gasteiger partial charge on any atom is 0.120 e. The zero-order valence-corrected chi connectivity index (χ0v) is 11.1. The highest BCUT2D eigenvalue weighted by Crippen LogP contribution is 2.25. The molecule has 96 valence electrons. The Hall–Kier alpha value is -1.61. The highest BCUT2D eigenvalue weighted by molar-refractivity contribution is 5.80. The molecule has 0 radical (unpaired) electrons. The smallest absolute Gasteiger partial charge is 0.120 e. The lowest BCUT2D eigenvalue weighted by Gasteiger charge is -2.18. The van der Waals surface area contributed by atoms with Gasteiger partial charge in [0.05, 0.1) is 12.1 Å². The molecule has 1 aromatic heterocycles. The second kappa shape index (κ2) is 4.94. The summed E-state index contributed by atoms with van der Waals surface area (Å²) in [5.74, 6) is 0.766. The Morgan fingerprint density at radius 2 is 1.94 bits per heavy atom. The lowest BCUT2D eigenvalue weighted by atomic mass is 9.91. The summed E-state index contributed by atoms with van der Waals surface area (Å²) < 4.78 is 5.38. The van der Waals surface area contributed by atoms with Crippen LogP contribution in [0.3, 0.4) is 0 Å². The van der Waals surface area contributed by atoms with Crippen molar-refractivity contribution in [1.82, 2.24) is 4.98 Å². The van der Waals surface area contributed by atoms with Crippen molar-refractivity contribution in [1.29, 1.82) is 0 Å². The molecular weight excluding hydrogens is 226 g/mol. The number of benzene rings is 1. The summed E-state index contributed by atoms with van der Waals surface area (Å²) in [7, 11) is 0. The van der Waals surface area contributed by atoms with Gasteiger partial charge < -0.3 is 9.84 Å². The average Bonchev–Trinajstić information content (AvgIpc) is 2.34. The maximum atomic E-state index is 8.73. The number of aliphatic hydroxyl groups excluding tert-OH is 1. The predicted octanol–water partition coefficient (Wildman–Crippen LogP) is 2.90. The van der Waals surface area contributed by atoms with E-state index in [0.29, 0.717) is 6.61 Å². The van der Waals surface area contributed by atoms with Gasteiger partial charge >= 0.3 is 0 Å². The van der Waals surface area contributed by atoms with Gasteiger partial charge in [0, 0.05) is 16.5 Å². The van der Waals surface area contributed by atoms with Crippen LogP contribution in [0.25, 0.3) is 10.9 Å². The fourth-order valence-corrected chi connectivity index (χ4v) is 1.77. The van der Waals surface area contributed by atoms with E-state index in [4.69, 9.17) is 9.84 Å². The Morgan fingerprint density at radius 3 is 2.61 bits per heavy atom. The number of aromatic nitrogens is 1. The first-order chi connectivity index (χ1) is 8.50. The normalized spacial score (nSPS) is 11.8. The van der Waals surface area contributed by atoms with Crippen molar-refractivity contribution < 1.29 is 9.84 Å². The Balaban J connectivity index is 2.36. The van der Waals surface area contributed by atoms with Crippen molar-refractivity contribution >= 4 is 10.9 Å². The first-order valence-electron chi connectivity index (χ1n) is 6.15. The van der Waals surface area contributed by atoms with E-state index in [0.717, 1.165) is 22.3 Å². The van der Waals surface area contributed by atoms with Crippen LogP contribution in [0, 0.1) is 0 Å². The molecule has 0 atom stereocenters. The Bertz CT molecular complexity index is 544. The average molecular weight is 245 g/mol. The second-order valence-electron chi connectivity index (χ2n) is 5.37. The third-order valence-corrected chi connectivity index (χ3v) is 2.79. The summed E-state index contributed by atoms with van der Waals surface area (Å²) in [4.78, 5) is 4.66. The van der Waals surface area contributed by atoms with Crippen molar-refractivity contribution in [2.75, 3.05) is 13.2 Å². The van der Waals surface area contributed by atoms with Crippen LogP contribution in [0.1, 0.15) is 26.5 Å². The molecule has 3 nitrogen and oxygen atoms in total. The van der Waals surface area contributed by atoms with Gasteiger partial charge in [0.25, 0.3) is 0 Å². The van der Waals surface area contributed by atoms with Crippen molar-refractivity contribution in [3.63, 3.8) is 0 Å². The third kappa shape index (κ3) is 2.79. The minimum Gasteiger partial charge on any atom is -0.491 e. The highest BCUT2D eigenvalue weighted by atomic mass is 16.5. The molecule has 0 unspecified atom stereocenters. The molecule has 0 bridgehead atoms. The molecule has 0 aliphatic carbocycles. The zero-order valence-electron chi connectivity index (χ0n) is 11.1. The number of fused-ring (bicyclic) bond motifs is 1. The van der Waals surface area contributed by atoms with Gasteiger partial charge in [-0.3, -0.25) is 4.98 Å². The van der Waals surface area contributed by atoms with Crippen molar-refractivity contribution in [3.05, 3.63) is 36.0 Å². The first kappa shape index (κ1) is 12.8. The van der Waals surface area contributed by atoms with Crippen LogP contribution in [-0.4, -0.2) is 23.3 Å². The van der Waals surface area contributed by atoms with Gasteiger partial charge in [0.15, 0.2) is 0 Å². The van der Waals surface area contributed by atoms with E-state index in [1.165, 1.54) is 0 Å². The van der Waals surface area contributed by atoms with Crippen LogP contribution < -0.4 is 4.74 Å². The minimum atomic E-state index is 0.0270. The molecule has 1 N–H and O–H groups in total. The van der Waals surface area contributed by atoms with Gasteiger partial charge in [-0.15, -0.1) is 0 Å². The molecule has 0 spiro atoms. The van der Waals surface area contributed by atoms with Crippen molar-refractivity contribution in [2.45, 2.75) is 26.2 Å². The Labute approximate surface area is 107 Å². The molecule has 18 heavy (non-hydrogen) atoms. The number of hydrogen-bond donors (Lipinski definition) is 1. The number of nitrogens with zero attached hydrogens (tertiary/aromatic N) is 1. The van der Waals surface area contributed by atoms with Gasteiger partial charge in [-0.05, 0) is 24.3 Å². The zero-order chi connectivity index (χ0) is 13.2. The van der Waals surface area contributed by atoms with Gasteiger partial charge in [0.1, 0.15) is 12.4 Å². The minimum absolute atomic E-state index is 0.0270. The van der Waals surface area contributed by atoms with E-state index >= 15 is 0 Å². The van der Waals surface area contributed by atoms with E-state index in [1.807, 2.05) is 18.2 Å². The van der Waals surface area contributed by atoms with E-state index < -0.39 is 0 Å². The highest BCUT2D eigenvalue weighted by Gasteiger charge is 2.15. The third-order valence-electron chi connectivity index (χ3n) is 2.79. The van der Waals surface area contributed by atoms with Crippen LogP contribution in [0.4, 0.5) is 0 Å². The summed E-state index contributed by atoms with van der Waals surface area (Å²) in [6.45, 7) is 6.80. The molecule has 3 heteroatoms. The van der Waals surface area contributed by atoms with Gasteiger partial charge in [-0.1, -0.05) is 26.8 Å². The van der Waals surface area contributed by atoms with Crippen molar-refractivity contribution in [2.24, 2.45) is 0 Å². The van der Waals surface area contributed by atoms with Gasteiger partial charge in [-0.2, -0.15) is 0 Å². The first-order valence-corrected chi connectivity index (χ1v) is 6.15. The number of rotatable bonds is 3. The molecule has 0 aliphatic rings. The number of pyridine rings is 1. The molecule has 1 aromatic carbocycles. The van der Waals surface area contributed by atoms with E-state index in [-0.39, 0.29) is 12.0 Å². The lowest BCUT2D eigenvalue weighted by Crippen LogP contribution is -2.13. The predicted molar refractivity (Wildman–Crippen MR) is 73.0 cm³/mol. The van der Waals surface area contributed by atoms with Crippen LogP contribution >= 0.6 is 0 Å². The maximum absolute atomic E-state index is 8.73. The summed E-state index contributed by atoms with van der Waals surface area (Å²) in [6.07, 6.45) is 0. The quantitative estimate of drug-likeness (QED) is 0.904. The topological polar surface area (TPSA) is 42.4 Å². The summed E-state index contributed by atoms with van der Waals surface area (Å²) in [6, 6.07) is 9.91. The van der Waals surface area contributed by atoms with E-state index in [1.54, 1.807) is 0 Å². The Morgan fingerprint density at radius 1 is 1.17 bits per heavy atom. The molecule has 2 rings (SSSR count). The van der Waals surface area contributed by atoms with E-state index in [2.05, 4.69) is 37.9 Å². The SMILES string of the molecule is CC(C)(C)c1ccc2cc(OCCO)ccc2n1. The molecule has 0 amide bonds. The monoisotopic (exact) mass is 245 g/mol. The number of hydrogen-bond acceptors (Lipinski definition) is 3. The molecular formula is C15H19NO2. The summed E-state index contributed by atoms with van der Waals surface area (Å²) in [5.41, 5.74) is 2.11. The Kier molecular flexibility index (Phi) is 3.53. The van der Waals surface area contributed by atoms with Crippen LogP contribution in [0.2, 0.25) is 0 Å². The van der Waals surface area contributed by atoms with Crippen LogP contribution in [0.15, 0.2) is 30.3 Å². The fraction of sp³-hybridized carbons (Fsp3) is 0.400. The van der Waals surface area contributed by atoms with Gasteiger partial charge in [-0.25, -0.2) is 0 Å². The van der Waals surface area contributed by atoms with Crippen molar-refractivity contribution in [3.8, 4) is 5.75 Å². The molecule has 0 fully saturated rings. The summed E-state index contributed by atoms with van der Waals surface area (Å²) in [5, 5.41) is 9.78. The summed E-state index contributed by atoms with van der Waals surface area (Å²) >= 11 is 0. The molecule has 2 aromatic rings. The molecule has 0 saturated heterocycles. The lowest BCUT2D eigenvalue weighted by molar-refractivity contribution is 0.201. The van der Waals surface area contributed by atoms with E-state index in [9.17, 15) is 0 Å². The molecule has 0 aliphatic heterocycles. The fourth-order valence-electron chi connectivity index (χ4n) is 1.77. The largest absolute Gasteiger partial charge is 0.491 e. The molecule has 1 heterocycles. The van der Waals surface area contributed by atoms with Crippen LogP contribution in [-0.2, 0) is 5.41 Å². The number of aliphatic hydroxyl groups is 1. The number of ether oxygens (including phenoxy) is 1. The standard InChI is InChI=1S/C15H19NO2/c1-15(2,3)14-7-4-11-10-12(18-9-8-17)5-6-13(11)16-14/h4-7,10,17H,8-9H2,1-3H3. The van der Waals surface area contributed by atoms with Crippen LogP contribution in [0.5, 0.6) is 5.75 Å². The van der Waals surface area contributed by atoms with Gasteiger partial charge in [0.2, 0.25) is 0 Å².